The van der Waals surface area contributed by atoms with Gasteiger partial charge in [-0.3, -0.25) is 0 Å². The first-order valence-electron chi connectivity index (χ1n) is 4.27. The SMILES string of the molecule is C=C(COc1cccc(Cl)c1Cl)[B-](F)(F)F.[K+]. The summed E-state index contributed by atoms with van der Waals surface area (Å²) < 4.78 is 41.4. The smallest absolute Gasteiger partial charge is 0.491 e. The molecule has 0 aliphatic carbocycles. The van der Waals surface area contributed by atoms with Crippen molar-refractivity contribution in [1.82, 2.24) is 0 Å². The van der Waals surface area contributed by atoms with Gasteiger partial charge in [0.1, 0.15) is 10.8 Å². The van der Waals surface area contributed by atoms with Crippen LogP contribution in [-0.4, -0.2) is 13.6 Å². The zero-order valence-electron chi connectivity index (χ0n) is 9.02. The van der Waals surface area contributed by atoms with Gasteiger partial charge in [0, 0.05) is 0 Å². The van der Waals surface area contributed by atoms with Crippen LogP contribution in [0.1, 0.15) is 0 Å². The minimum absolute atomic E-state index is 0. The van der Waals surface area contributed by atoms with E-state index >= 15 is 0 Å². The van der Waals surface area contributed by atoms with E-state index in [4.69, 9.17) is 27.9 Å². The van der Waals surface area contributed by atoms with E-state index in [1.807, 2.05) is 0 Å². The van der Waals surface area contributed by atoms with Gasteiger partial charge in [-0.25, -0.2) is 0 Å². The van der Waals surface area contributed by atoms with Crippen molar-refractivity contribution in [2.45, 2.75) is 0 Å². The van der Waals surface area contributed by atoms with Gasteiger partial charge in [0.2, 0.25) is 0 Å². The minimum atomic E-state index is -5.09. The summed E-state index contributed by atoms with van der Waals surface area (Å²) in [6, 6.07) is 4.48. The van der Waals surface area contributed by atoms with Crippen LogP contribution in [0.2, 0.25) is 10.0 Å². The molecule has 0 fully saturated rings. The summed E-state index contributed by atoms with van der Waals surface area (Å²) in [7, 11) is 0. The Morgan fingerprint density at radius 2 is 1.88 bits per heavy atom. The molecule has 1 aromatic rings. The molecule has 17 heavy (non-hydrogen) atoms. The molecule has 0 bridgehead atoms. The van der Waals surface area contributed by atoms with Gasteiger partial charge in [-0.2, -0.15) is 0 Å². The third kappa shape index (κ3) is 5.55. The molecule has 0 aliphatic rings. The molecule has 0 saturated carbocycles. The molecule has 0 unspecified atom stereocenters. The number of benzene rings is 1. The van der Waals surface area contributed by atoms with Gasteiger partial charge < -0.3 is 17.7 Å². The maximum Gasteiger partial charge on any atom is 1.00 e. The zero-order valence-corrected chi connectivity index (χ0v) is 13.7. The van der Waals surface area contributed by atoms with E-state index in [-0.39, 0.29) is 67.2 Å². The van der Waals surface area contributed by atoms with Crippen LogP contribution in [0.25, 0.3) is 0 Å². The average molecular weight is 309 g/mol. The summed E-state index contributed by atoms with van der Waals surface area (Å²) in [5.74, 6) is 0.107. The first kappa shape index (κ1) is 17.8. The third-order valence-electron chi connectivity index (χ3n) is 1.79. The van der Waals surface area contributed by atoms with Crippen LogP contribution in [0, 0.1) is 0 Å². The van der Waals surface area contributed by atoms with E-state index in [2.05, 4.69) is 6.58 Å². The van der Waals surface area contributed by atoms with E-state index in [1.54, 1.807) is 0 Å². The molecule has 8 heteroatoms. The topological polar surface area (TPSA) is 9.23 Å². The summed E-state index contributed by atoms with van der Waals surface area (Å²) in [6.07, 6.45) is 0. The van der Waals surface area contributed by atoms with Crippen LogP contribution in [0.15, 0.2) is 30.3 Å². The molecule has 0 heterocycles. The Morgan fingerprint density at radius 1 is 1.29 bits per heavy atom. The molecule has 0 N–H and O–H groups in total. The summed E-state index contributed by atoms with van der Waals surface area (Å²) in [4.78, 5) is 0. The zero-order chi connectivity index (χ0) is 12.3. The first-order valence-corrected chi connectivity index (χ1v) is 5.02. The summed E-state index contributed by atoms with van der Waals surface area (Å²) >= 11 is 11.4. The van der Waals surface area contributed by atoms with Crippen molar-refractivity contribution in [1.29, 1.82) is 0 Å². The molecule has 0 atom stereocenters. The Kier molecular flexibility index (Phi) is 7.79. The summed E-state index contributed by atoms with van der Waals surface area (Å²) in [5, 5.41) is 0.314. The standard InChI is InChI=1S/C9H7BCl2F3O.K/c1-6(10(13,14)15)5-16-8-4-2-3-7(11)9(8)12;/h2-4H,1,5H2;/q-1;+1. The number of ether oxygens (including phenoxy) is 1. The Bertz CT molecular complexity index is 412. The van der Waals surface area contributed by atoms with E-state index in [0.29, 0.717) is 0 Å². The van der Waals surface area contributed by atoms with Gasteiger partial charge in [-0.15, -0.1) is 12.1 Å². The largest absolute Gasteiger partial charge is 1.00 e. The van der Waals surface area contributed by atoms with Crippen molar-refractivity contribution in [3.63, 3.8) is 0 Å². The molecule has 0 radical (unpaired) electrons. The van der Waals surface area contributed by atoms with E-state index in [9.17, 15) is 12.9 Å². The summed E-state index contributed by atoms with van der Waals surface area (Å²) in [5.41, 5.74) is -0.920. The third-order valence-corrected chi connectivity index (χ3v) is 2.59. The van der Waals surface area contributed by atoms with Crippen molar-refractivity contribution in [2.24, 2.45) is 0 Å². The van der Waals surface area contributed by atoms with Crippen LogP contribution >= 0.6 is 23.2 Å². The normalized spacial score (nSPS) is 10.6. The van der Waals surface area contributed by atoms with Crippen LogP contribution in [0.4, 0.5) is 12.9 Å². The monoisotopic (exact) mass is 308 g/mol. The van der Waals surface area contributed by atoms with Crippen molar-refractivity contribution in [2.75, 3.05) is 6.61 Å². The van der Waals surface area contributed by atoms with Gasteiger partial charge in [0.05, 0.1) is 11.6 Å². The van der Waals surface area contributed by atoms with Gasteiger partial charge in [0.25, 0.3) is 0 Å². The molecule has 88 valence electrons. The molecule has 0 amide bonds. The van der Waals surface area contributed by atoms with Crippen molar-refractivity contribution >= 4 is 30.2 Å². The van der Waals surface area contributed by atoms with Gasteiger partial charge in [-0.05, 0) is 12.1 Å². The van der Waals surface area contributed by atoms with Gasteiger partial charge in [-0.1, -0.05) is 29.3 Å². The molecule has 0 spiro atoms. The molecule has 1 rings (SSSR count). The molecule has 1 aromatic carbocycles. The van der Waals surface area contributed by atoms with Gasteiger partial charge in [0.15, 0.2) is 0 Å². The van der Waals surface area contributed by atoms with E-state index in [1.165, 1.54) is 18.2 Å². The second kappa shape index (κ2) is 7.43. The Morgan fingerprint density at radius 3 is 2.41 bits per heavy atom. The van der Waals surface area contributed by atoms with E-state index in [0.717, 1.165) is 0 Å². The van der Waals surface area contributed by atoms with Crippen LogP contribution in [0.5, 0.6) is 5.75 Å². The quantitative estimate of drug-likeness (QED) is 0.762. The molecule has 0 aliphatic heterocycles. The van der Waals surface area contributed by atoms with Crippen molar-refractivity contribution in [3.8, 4) is 5.75 Å². The number of hydrogen-bond acceptors (Lipinski definition) is 1. The van der Waals surface area contributed by atoms with Crippen LogP contribution in [-0.2, 0) is 0 Å². The van der Waals surface area contributed by atoms with Crippen molar-refractivity contribution < 1.29 is 69.1 Å². The molecule has 1 nitrogen and oxygen atoms in total. The van der Waals surface area contributed by atoms with Crippen LogP contribution < -0.4 is 56.1 Å². The van der Waals surface area contributed by atoms with E-state index < -0.39 is 19.1 Å². The fourth-order valence-electron chi connectivity index (χ4n) is 0.860. The van der Waals surface area contributed by atoms with Crippen LogP contribution in [0.3, 0.4) is 0 Å². The van der Waals surface area contributed by atoms with Gasteiger partial charge >= 0.3 is 58.4 Å². The fourth-order valence-corrected chi connectivity index (χ4v) is 1.21. The van der Waals surface area contributed by atoms with Crippen molar-refractivity contribution in [3.05, 3.63) is 40.3 Å². The Balaban J connectivity index is 0.00000256. The molecular weight excluding hydrogens is 302 g/mol. The maximum atomic E-state index is 12.2. The second-order valence-corrected chi connectivity index (χ2v) is 3.86. The molecular formula is C9H7BCl2F3KO. The molecule has 0 aromatic heterocycles. The first-order chi connectivity index (χ1) is 7.32. The number of hydrogen-bond donors (Lipinski definition) is 0. The average Bonchev–Trinajstić information content (AvgIpc) is 2.18. The predicted octanol–water partition coefficient (Wildman–Crippen LogP) is 1.32. The second-order valence-electron chi connectivity index (χ2n) is 3.07. The maximum absolute atomic E-state index is 12.2. The molecule has 0 saturated heterocycles. The summed E-state index contributed by atoms with van der Waals surface area (Å²) in [6.45, 7) is -2.84. The predicted molar refractivity (Wildman–Crippen MR) is 60.2 cm³/mol. The Hall–Kier alpha value is 0.831. The Labute approximate surface area is 150 Å². The number of rotatable bonds is 4. The number of halogens is 5. The fraction of sp³-hybridized carbons (Fsp3) is 0.111. The minimum Gasteiger partial charge on any atom is -0.491 e.